The molecule has 0 fully saturated rings. The number of rotatable bonds is 10. The normalized spacial score (nSPS) is 17.9. The molecule has 1 heterocycles. The van der Waals surface area contributed by atoms with Crippen LogP contribution in [0.2, 0.25) is 0 Å². The fourth-order valence-corrected chi connectivity index (χ4v) is 3.73. The average molecular weight is 589 g/mol. The van der Waals surface area contributed by atoms with E-state index >= 15 is 0 Å². The van der Waals surface area contributed by atoms with E-state index in [4.69, 9.17) is 4.74 Å². The summed E-state index contributed by atoms with van der Waals surface area (Å²) < 4.78 is 126. The Kier molecular flexibility index (Phi) is 8.07. The first-order valence-electron chi connectivity index (χ1n) is 10.3. The third-order valence-electron chi connectivity index (χ3n) is 4.74. The molecule has 0 aromatic heterocycles. The van der Waals surface area contributed by atoms with Crippen molar-refractivity contribution < 1.29 is 71.1 Å². The molecule has 2 atom stereocenters. The first-order valence-corrected chi connectivity index (χ1v) is 12.2. The minimum atomic E-state index is -10.3. The van der Waals surface area contributed by atoms with Gasteiger partial charge in [0.15, 0.2) is 0 Å². The Morgan fingerprint density at radius 3 is 2.32 bits per heavy atom. The number of hydrogen-bond donors (Lipinski definition) is 0. The Bertz CT molecular complexity index is 1140. The van der Waals surface area contributed by atoms with Crippen LogP contribution in [0.25, 0.3) is 6.08 Å². The summed E-state index contributed by atoms with van der Waals surface area (Å²) in [5.41, 5.74) is -2.91. The molecule has 0 saturated carbocycles. The van der Waals surface area contributed by atoms with Crippen molar-refractivity contribution in [3.8, 4) is 5.75 Å². The Labute approximate surface area is 208 Å². The second kappa shape index (κ2) is 9.99. The summed E-state index contributed by atoms with van der Waals surface area (Å²) in [6.45, 7) is 0.693. The van der Waals surface area contributed by atoms with Crippen LogP contribution in [0.1, 0.15) is 31.4 Å². The van der Waals surface area contributed by atoms with E-state index in [0.29, 0.717) is 0 Å². The number of ether oxygens (including phenoxy) is 4. The Morgan fingerprint density at radius 1 is 1.16 bits per heavy atom. The van der Waals surface area contributed by atoms with Gasteiger partial charge < -0.3 is 23.8 Å². The number of nitrogens with zero attached hydrogens (tertiary/aromatic N) is 1. The highest BCUT2D eigenvalue weighted by Gasteiger charge is 2.66. The summed E-state index contributed by atoms with van der Waals surface area (Å²) in [5.74, 6) is -2.64. The molecule has 1 aromatic carbocycles. The zero-order chi connectivity index (χ0) is 29.2. The molecular weight excluding hydrogens is 570 g/mol. The van der Waals surface area contributed by atoms with Gasteiger partial charge in [-0.3, -0.25) is 0 Å². The highest BCUT2D eigenvalue weighted by Crippen LogP contribution is 3.02. The Balaban J connectivity index is 2.23. The lowest BCUT2D eigenvalue weighted by atomic mass is 9.98. The second-order valence-corrected chi connectivity index (χ2v) is 10.1. The molecule has 0 radical (unpaired) electrons. The highest BCUT2D eigenvalue weighted by molar-refractivity contribution is 8.45. The van der Waals surface area contributed by atoms with Gasteiger partial charge in [0.2, 0.25) is 12.9 Å². The third kappa shape index (κ3) is 8.25. The summed E-state index contributed by atoms with van der Waals surface area (Å²) >= 11 is 0. The maximum Gasteiger partial charge on any atom is 0.511 e. The fraction of sp³-hybridized carbons (Fsp3) is 0.474. The SMILES string of the molecule is CCc1cc(S(F)(F)(F)(F)F)cc2c1OC(C(F)(F)F)C(C(=O)OCOC(=O)OC(C)CCO[N+](=O)[O-])=C2. The first-order chi connectivity index (χ1) is 17.1. The summed E-state index contributed by atoms with van der Waals surface area (Å²) in [4.78, 5) is 35.5. The van der Waals surface area contributed by atoms with Gasteiger partial charge in [-0.15, -0.1) is 10.1 Å². The van der Waals surface area contributed by atoms with Crippen molar-refractivity contribution in [1.29, 1.82) is 0 Å². The topological polar surface area (TPSA) is 123 Å². The van der Waals surface area contributed by atoms with Gasteiger partial charge >= 0.3 is 28.5 Å². The van der Waals surface area contributed by atoms with E-state index in [1.807, 2.05) is 0 Å². The molecule has 216 valence electrons. The molecule has 0 bridgehead atoms. The van der Waals surface area contributed by atoms with Gasteiger partial charge in [0, 0.05) is 12.0 Å². The van der Waals surface area contributed by atoms with Crippen molar-refractivity contribution in [3.05, 3.63) is 38.9 Å². The number of alkyl halides is 3. The van der Waals surface area contributed by atoms with Crippen LogP contribution in [0.15, 0.2) is 22.6 Å². The van der Waals surface area contributed by atoms with E-state index in [-0.39, 0.29) is 24.6 Å². The van der Waals surface area contributed by atoms with Gasteiger partial charge in [-0.1, -0.05) is 26.4 Å². The number of carbonyl (C=O) groups is 2. The molecular formula is C19H19F8NO9S. The summed E-state index contributed by atoms with van der Waals surface area (Å²) in [7, 11) is -10.3. The molecule has 1 aliphatic heterocycles. The van der Waals surface area contributed by atoms with Crippen LogP contribution in [-0.4, -0.2) is 49.0 Å². The van der Waals surface area contributed by atoms with Gasteiger partial charge in [-0.05, 0) is 37.1 Å². The zero-order valence-electron chi connectivity index (χ0n) is 19.3. The third-order valence-corrected chi connectivity index (χ3v) is 5.87. The van der Waals surface area contributed by atoms with Crippen LogP contribution < -0.4 is 4.74 Å². The molecule has 0 saturated heterocycles. The van der Waals surface area contributed by atoms with Crippen molar-refractivity contribution >= 4 is 28.4 Å². The molecule has 19 heteroatoms. The van der Waals surface area contributed by atoms with Crippen molar-refractivity contribution in [3.63, 3.8) is 0 Å². The maximum atomic E-state index is 13.6. The lowest BCUT2D eigenvalue weighted by Gasteiger charge is -2.41. The quantitative estimate of drug-likeness (QED) is 0.102. The second-order valence-electron chi connectivity index (χ2n) is 7.68. The molecule has 2 rings (SSSR count). The monoisotopic (exact) mass is 589 g/mol. The van der Waals surface area contributed by atoms with E-state index in [1.54, 1.807) is 0 Å². The lowest BCUT2D eigenvalue weighted by Crippen LogP contribution is -2.41. The highest BCUT2D eigenvalue weighted by atomic mass is 32.5. The number of halogens is 8. The molecule has 0 spiro atoms. The molecule has 1 aliphatic rings. The number of fused-ring (bicyclic) bond motifs is 1. The standard InChI is InChI=1S/C19H19F8NO9S/c1-3-11-6-13(38(23,24,25,26)27)7-12-8-14(16(19(20,21)22)37-15(11)12)17(29)33-9-34-18(30)36-10(2)4-5-35-28(31)32/h6-8,10,16H,3-5,9H2,1-2H3. The summed E-state index contributed by atoms with van der Waals surface area (Å²) in [5, 5.41) is 8.95. The van der Waals surface area contributed by atoms with Gasteiger partial charge in [0.25, 0.3) is 5.09 Å². The maximum absolute atomic E-state index is 13.6. The summed E-state index contributed by atoms with van der Waals surface area (Å²) in [6.07, 6.45) is -11.1. The van der Waals surface area contributed by atoms with E-state index < -0.39 is 93.0 Å². The Hall–Kier alpha value is -3.51. The molecule has 0 amide bonds. The number of aryl methyl sites for hydroxylation is 1. The Morgan fingerprint density at radius 2 is 1.79 bits per heavy atom. The van der Waals surface area contributed by atoms with Crippen LogP contribution in [0.3, 0.4) is 0 Å². The van der Waals surface area contributed by atoms with Crippen LogP contribution in [-0.2, 0) is 30.3 Å². The summed E-state index contributed by atoms with van der Waals surface area (Å²) in [6, 6.07) is -0.164. The van der Waals surface area contributed by atoms with Gasteiger partial charge in [-0.2, -0.15) is 13.2 Å². The minimum absolute atomic E-state index is 0.0189. The van der Waals surface area contributed by atoms with Crippen LogP contribution >= 0.6 is 10.2 Å². The number of carbonyl (C=O) groups excluding carboxylic acids is 2. The van der Waals surface area contributed by atoms with Crippen molar-refractivity contribution in [2.75, 3.05) is 13.4 Å². The zero-order valence-corrected chi connectivity index (χ0v) is 20.1. The molecule has 2 unspecified atom stereocenters. The van der Waals surface area contributed by atoms with E-state index in [2.05, 4.69) is 19.0 Å². The predicted molar refractivity (Wildman–Crippen MR) is 111 cm³/mol. The fourth-order valence-electron chi connectivity index (χ4n) is 3.02. The molecule has 10 nitrogen and oxygen atoms in total. The molecule has 38 heavy (non-hydrogen) atoms. The average Bonchev–Trinajstić information content (AvgIpc) is 2.74. The number of esters is 1. The van der Waals surface area contributed by atoms with E-state index in [0.717, 1.165) is 0 Å². The number of hydrogen-bond acceptors (Lipinski definition) is 9. The van der Waals surface area contributed by atoms with E-state index in [1.165, 1.54) is 13.8 Å². The van der Waals surface area contributed by atoms with Crippen molar-refractivity contribution in [2.45, 2.75) is 50.0 Å². The lowest BCUT2D eigenvalue weighted by molar-refractivity contribution is -0.758. The van der Waals surface area contributed by atoms with E-state index in [9.17, 15) is 52.3 Å². The van der Waals surface area contributed by atoms with Gasteiger partial charge in [-0.25, -0.2) is 9.59 Å². The largest absolute Gasteiger partial charge is 0.511 e. The van der Waals surface area contributed by atoms with Crippen molar-refractivity contribution in [2.24, 2.45) is 0 Å². The van der Waals surface area contributed by atoms with Gasteiger partial charge in [0.1, 0.15) is 16.7 Å². The van der Waals surface area contributed by atoms with Gasteiger partial charge in [0.05, 0.1) is 12.2 Å². The molecule has 0 N–H and O–H groups in total. The van der Waals surface area contributed by atoms with Crippen LogP contribution in [0.4, 0.5) is 37.4 Å². The van der Waals surface area contributed by atoms with Crippen molar-refractivity contribution in [1.82, 2.24) is 0 Å². The predicted octanol–water partition coefficient (Wildman–Crippen LogP) is 6.25. The smallest absolute Gasteiger partial charge is 0.475 e. The first kappa shape index (κ1) is 30.7. The van der Waals surface area contributed by atoms with Crippen LogP contribution in [0.5, 0.6) is 5.75 Å². The molecule has 0 aliphatic carbocycles. The number of benzene rings is 1. The van der Waals surface area contributed by atoms with Crippen LogP contribution in [0, 0.1) is 10.1 Å². The minimum Gasteiger partial charge on any atom is -0.475 e. The molecule has 1 aromatic rings.